The zero-order valence-corrected chi connectivity index (χ0v) is 11.0. The maximum Gasteiger partial charge on any atom is 0.0615 e. The van der Waals surface area contributed by atoms with Crippen LogP contribution in [-0.4, -0.2) is 37.5 Å². The van der Waals surface area contributed by atoms with E-state index in [1.165, 1.54) is 12.8 Å². The summed E-state index contributed by atoms with van der Waals surface area (Å²) in [5.74, 6) is 1.17. The molecule has 3 nitrogen and oxygen atoms in total. The van der Waals surface area contributed by atoms with Gasteiger partial charge in [0.2, 0.25) is 0 Å². The number of aliphatic hydroxyl groups excluding tert-OH is 1. The number of aliphatic hydroxyl groups is 1. The molecule has 2 unspecified atom stereocenters. The quantitative estimate of drug-likeness (QED) is 0.654. The summed E-state index contributed by atoms with van der Waals surface area (Å²) >= 11 is 0. The molecule has 0 saturated heterocycles. The Kier molecular flexibility index (Phi) is 5.73. The monoisotopic (exact) mass is 229 g/mol. The Hall–Kier alpha value is -0.120. The van der Waals surface area contributed by atoms with Gasteiger partial charge in [0.05, 0.1) is 6.61 Å². The average Bonchev–Trinajstić information content (AvgIpc) is 2.67. The van der Waals surface area contributed by atoms with Crippen LogP contribution in [0.15, 0.2) is 0 Å². The molecule has 0 spiro atoms. The minimum absolute atomic E-state index is 0.0405. The molecule has 1 aliphatic carbocycles. The van der Waals surface area contributed by atoms with Gasteiger partial charge in [0.1, 0.15) is 0 Å². The minimum atomic E-state index is -0.0405. The highest BCUT2D eigenvalue weighted by atomic mass is 16.5. The Morgan fingerprint density at radius 2 is 2.25 bits per heavy atom. The van der Waals surface area contributed by atoms with E-state index < -0.39 is 0 Å². The number of hydrogen-bond donors (Lipinski definition) is 2. The van der Waals surface area contributed by atoms with Gasteiger partial charge in [0, 0.05) is 18.8 Å². The third-order valence-electron chi connectivity index (χ3n) is 3.80. The Labute approximate surface area is 99.6 Å². The summed E-state index contributed by atoms with van der Waals surface area (Å²) in [5.41, 5.74) is -0.0405. The van der Waals surface area contributed by atoms with Gasteiger partial charge < -0.3 is 15.2 Å². The molecule has 2 atom stereocenters. The number of ether oxygens (including phenoxy) is 1. The third-order valence-corrected chi connectivity index (χ3v) is 3.80. The molecule has 3 heteroatoms. The van der Waals surface area contributed by atoms with E-state index in [0.29, 0.717) is 11.8 Å². The molecule has 16 heavy (non-hydrogen) atoms. The first-order chi connectivity index (χ1) is 7.64. The second-order valence-corrected chi connectivity index (χ2v) is 5.41. The van der Waals surface area contributed by atoms with Crippen molar-refractivity contribution in [1.29, 1.82) is 0 Å². The van der Waals surface area contributed by atoms with Crippen LogP contribution < -0.4 is 5.32 Å². The topological polar surface area (TPSA) is 41.5 Å². The molecule has 0 aromatic rings. The fraction of sp³-hybridized carbons (Fsp3) is 1.00. The number of nitrogens with one attached hydrogen (secondary N) is 1. The Bertz CT molecular complexity index is 190. The van der Waals surface area contributed by atoms with Gasteiger partial charge >= 0.3 is 0 Å². The smallest absolute Gasteiger partial charge is 0.0615 e. The minimum Gasteiger partial charge on any atom is -0.394 e. The molecule has 0 aromatic carbocycles. The summed E-state index contributed by atoms with van der Waals surface area (Å²) in [6, 6.07) is 0. The molecule has 1 fully saturated rings. The normalized spacial score (nSPS) is 30.2. The van der Waals surface area contributed by atoms with E-state index in [2.05, 4.69) is 19.2 Å². The van der Waals surface area contributed by atoms with Crippen molar-refractivity contribution in [1.82, 2.24) is 5.32 Å². The average molecular weight is 229 g/mol. The van der Waals surface area contributed by atoms with Crippen LogP contribution in [0, 0.1) is 11.8 Å². The van der Waals surface area contributed by atoms with Crippen molar-refractivity contribution >= 4 is 0 Å². The third kappa shape index (κ3) is 3.44. The second-order valence-electron chi connectivity index (χ2n) is 5.41. The van der Waals surface area contributed by atoms with E-state index in [1.807, 2.05) is 7.05 Å². The summed E-state index contributed by atoms with van der Waals surface area (Å²) < 4.78 is 5.63. The standard InChI is InChI=1S/C13H27NO2/c1-11(2)9-16-8-6-12-5-4-7-13(12,10-15)14-3/h11-12,14-15H,4-10H2,1-3H3. The number of hydrogen-bond acceptors (Lipinski definition) is 3. The Balaban J connectivity index is 2.30. The van der Waals surface area contributed by atoms with E-state index in [-0.39, 0.29) is 12.1 Å². The molecule has 2 N–H and O–H groups in total. The lowest BCUT2D eigenvalue weighted by Crippen LogP contribution is -2.49. The Morgan fingerprint density at radius 3 is 2.81 bits per heavy atom. The van der Waals surface area contributed by atoms with E-state index in [0.717, 1.165) is 26.1 Å². The van der Waals surface area contributed by atoms with Gasteiger partial charge in [0.15, 0.2) is 0 Å². The molecule has 0 amide bonds. The predicted molar refractivity (Wildman–Crippen MR) is 66.5 cm³/mol. The maximum absolute atomic E-state index is 9.53. The zero-order chi connectivity index (χ0) is 12.0. The Morgan fingerprint density at radius 1 is 1.50 bits per heavy atom. The largest absolute Gasteiger partial charge is 0.394 e. The molecular weight excluding hydrogens is 202 g/mol. The van der Waals surface area contributed by atoms with Crippen LogP contribution in [0.25, 0.3) is 0 Å². The second kappa shape index (κ2) is 6.58. The van der Waals surface area contributed by atoms with Crippen LogP contribution in [0.1, 0.15) is 39.5 Å². The van der Waals surface area contributed by atoms with Crippen molar-refractivity contribution in [2.45, 2.75) is 45.1 Å². The molecule has 0 aromatic heterocycles. The fourth-order valence-corrected chi connectivity index (χ4v) is 2.73. The first kappa shape index (κ1) is 13.9. The van der Waals surface area contributed by atoms with Gasteiger partial charge in [-0.3, -0.25) is 0 Å². The zero-order valence-electron chi connectivity index (χ0n) is 11.0. The number of likely N-dealkylation sites (N-methyl/N-ethyl adjacent to an activating group) is 1. The molecule has 0 radical (unpaired) electrons. The molecular formula is C13H27NO2. The molecule has 1 saturated carbocycles. The van der Waals surface area contributed by atoms with Crippen molar-refractivity contribution in [3.63, 3.8) is 0 Å². The van der Waals surface area contributed by atoms with Gasteiger partial charge in [-0.05, 0) is 38.1 Å². The van der Waals surface area contributed by atoms with E-state index in [4.69, 9.17) is 4.74 Å². The van der Waals surface area contributed by atoms with Crippen molar-refractivity contribution < 1.29 is 9.84 Å². The van der Waals surface area contributed by atoms with Gasteiger partial charge in [0.25, 0.3) is 0 Å². The van der Waals surface area contributed by atoms with Gasteiger partial charge in [-0.2, -0.15) is 0 Å². The molecule has 1 aliphatic rings. The first-order valence-electron chi connectivity index (χ1n) is 6.52. The molecule has 0 heterocycles. The van der Waals surface area contributed by atoms with E-state index >= 15 is 0 Å². The molecule has 0 aliphatic heterocycles. The van der Waals surface area contributed by atoms with Crippen molar-refractivity contribution in [2.24, 2.45) is 11.8 Å². The SMILES string of the molecule is CNC1(CO)CCCC1CCOCC(C)C. The van der Waals surface area contributed by atoms with Crippen LogP contribution in [0.2, 0.25) is 0 Å². The van der Waals surface area contributed by atoms with Crippen LogP contribution in [0.4, 0.5) is 0 Å². The molecule has 0 bridgehead atoms. The fourth-order valence-electron chi connectivity index (χ4n) is 2.73. The lowest BCUT2D eigenvalue weighted by atomic mass is 9.86. The van der Waals surface area contributed by atoms with Gasteiger partial charge in [-0.15, -0.1) is 0 Å². The van der Waals surface area contributed by atoms with Crippen LogP contribution in [0.3, 0.4) is 0 Å². The van der Waals surface area contributed by atoms with Crippen molar-refractivity contribution in [2.75, 3.05) is 26.9 Å². The van der Waals surface area contributed by atoms with Crippen molar-refractivity contribution in [3.05, 3.63) is 0 Å². The molecule has 96 valence electrons. The van der Waals surface area contributed by atoms with Crippen LogP contribution in [0.5, 0.6) is 0 Å². The predicted octanol–water partition coefficient (Wildman–Crippen LogP) is 1.80. The van der Waals surface area contributed by atoms with E-state index in [9.17, 15) is 5.11 Å². The highest BCUT2D eigenvalue weighted by Crippen LogP contribution is 2.37. The molecule has 1 rings (SSSR count). The van der Waals surface area contributed by atoms with E-state index in [1.54, 1.807) is 0 Å². The van der Waals surface area contributed by atoms with Crippen LogP contribution in [-0.2, 0) is 4.74 Å². The lowest BCUT2D eigenvalue weighted by molar-refractivity contribution is 0.0711. The van der Waals surface area contributed by atoms with Crippen LogP contribution >= 0.6 is 0 Å². The lowest BCUT2D eigenvalue weighted by Gasteiger charge is -2.33. The summed E-state index contributed by atoms with van der Waals surface area (Å²) in [6.45, 7) is 6.26. The highest BCUT2D eigenvalue weighted by molar-refractivity contribution is 4.97. The maximum atomic E-state index is 9.53. The summed E-state index contributed by atoms with van der Waals surface area (Å²) in [5, 5.41) is 12.8. The summed E-state index contributed by atoms with van der Waals surface area (Å²) in [7, 11) is 1.96. The first-order valence-corrected chi connectivity index (χ1v) is 6.52. The van der Waals surface area contributed by atoms with Crippen molar-refractivity contribution in [3.8, 4) is 0 Å². The highest BCUT2D eigenvalue weighted by Gasteiger charge is 2.40. The summed E-state index contributed by atoms with van der Waals surface area (Å²) in [6.07, 6.45) is 4.59. The number of rotatable bonds is 7. The van der Waals surface area contributed by atoms with Gasteiger partial charge in [-0.1, -0.05) is 20.3 Å². The van der Waals surface area contributed by atoms with Gasteiger partial charge in [-0.25, -0.2) is 0 Å². The summed E-state index contributed by atoms with van der Waals surface area (Å²) in [4.78, 5) is 0.